The van der Waals surface area contributed by atoms with E-state index in [-0.39, 0.29) is 13.2 Å². The molecule has 0 aliphatic carbocycles. The minimum atomic E-state index is -1.17. The van der Waals surface area contributed by atoms with Gasteiger partial charge in [0.1, 0.15) is 6.33 Å². The first-order chi connectivity index (χ1) is 10.1. The van der Waals surface area contributed by atoms with Gasteiger partial charge < -0.3 is 9.47 Å². The van der Waals surface area contributed by atoms with E-state index in [1.807, 2.05) is 13.0 Å². The molecule has 0 amide bonds. The number of aromatic nitrogens is 3. The summed E-state index contributed by atoms with van der Waals surface area (Å²) in [7, 11) is 0. The molecule has 2 aromatic heterocycles. The molecular weight excluding hydrogens is 274 g/mol. The third-order valence-electron chi connectivity index (χ3n) is 2.89. The highest BCUT2D eigenvalue weighted by Crippen LogP contribution is 2.21. The van der Waals surface area contributed by atoms with Crippen molar-refractivity contribution >= 4 is 17.6 Å². The van der Waals surface area contributed by atoms with Gasteiger partial charge in [0.15, 0.2) is 11.6 Å². The fraction of sp³-hybridized carbons (Fsp3) is 0.429. The number of hydrogen-bond acceptors (Lipinski definition) is 6. The maximum absolute atomic E-state index is 12.2. The number of aryl methyl sites for hydroxylation is 1. The predicted octanol–water partition coefficient (Wildman–Crippen LogP) is 1.25. The average Bonchev–Trinajstić information content (AvgIpc) is 2.87. The normalized spacial score (nSPS) is 10.9. The van der Waals surface area contributed by atoms with E-state index in [0.717, 1.165) is 5.56 Å². The maximum Gasteiger partial charge on any atom is 0.326 e. The summed E-state index contributed by atoms with van der Waals surface area (Å²) >= 11 is 0. The number of pyridine rings is 1. The van der Waals surface area contributed by atoms with E-state index < -0.39 is 17.9 Å². The van der Waals surface area contributed by atoms with Crippen LogP contribution in [0.15, 0.2) is 18.5 Å². The topological polar surface area (TPSA) is 82.8 Å². The van der Waals surface area contributed by atoms with Crippen molar-refractivity contribution in [2.75, 3.05) is 13.2 Å². The number of nitrogens with zero attached hydrogens (tertiary/aromatic N) is 3. The Bertz CT molecular complexity index is 647. The fourth-order valence-electron chi connectivity index (χ4n) is 2.08. The molecule has 7 nitrogen and oxygen atoms in total. The summed E-state index contributed by atoms with van der Waals surface area (Å²) in [6.45, 7) is 5.58. The van der Waals surface area contributed by atoms with Gasteiger partial charge in [-0.25, -0.2) is 9.50 Å². The molecule has 0 aliphatic heterocycles. The Morgan fingerprint density at radius 1 is 1.19 bits per heavy atom. The summed E-state index contributed by atoms with van der Waals surface area (Å²) in [5, 5.41) is 4.06. The van der Waals surface area contributed by atoms with Crippen LogP contribution in [0.1, 0.15) is 31.0 Å². The second-order valence-corrected chi connectivity index (χ2v) is 4.42. The number of carbonyl (C=O) groups is 2. The number of rotatable bonds is 5. The SMILES string of the molecule is CCOC(=O)C(C(=O)OCC)c1cc(C)cc2ncnn12. The van der Waals surface area contributed by atoms with E-state index in [9.17, 15) is 9.59 Å². The molecule has 2 heterocycles. The monoisotopic (exact) mass is 291 g/mol. The van der Waals surface area contributed by atoms with Crippen LogP contribution >= 0.6 is 0 Å². The summed E-state index contributed by atoms with van der Waals surface area (Å²) in [4.78, 5) is 28.4. The second-order valence-electron chi connectivity index (χ2n) is 4.42. The molecule has 0 saturated carbocycles. The van der Waals surface area contributed by atoms with Gasteiger partial charge in [-0.2, -0.15) is 5.10 Å². The first kappa shape index (κ1) is 15.0. The molecule has 0 N–H and O–H groups in total. The second kappa shape index (κ2) is 6.34. The summed E-state index contributed by atoms with van der Waals surface area (Å²) in [6.07, 6.45) is 1.37. The third kappa shape index (κ3) is 3.01. The van der Waals surface area contributed by atoms with Crippen molar-refractivity contribution in [3.05, 3.63) is 29.7 Å². The molecule has 0 fully saturated rings. The van der Waals surface area contributed by atoms with E-state index in [1.165, 1.54) is 10.8 Å². The zero-order chi connectivity index (χ0) is 15.4. The van der Waals surface area contributed by atoms with Gasteiger partial charge >= 0.3 is 11.9 Å². The van der Waals surface area contributed by atoms with Crippen molar-refractivity contribution in [2.45, 2.75) is 26.7 Å². The molecule has 0 bridgehead atoms. The lowest BCUT2D eigenvalue weighted by Crippen LogP contribution is -2.28. The van der Waals surface area contributed by atoms with Gasteiger partial charge in [-0.1, -0.05) is 0 Å². The lowest BCUT2D eigenvalue weighted by atomic mass is 10.0. The van der Waals surface area contributed by atoms with Crippen LogP contribution in [0, 0.1) is 6.92 Å². The lowest BCUT2D eigenvalue weighted by Gasteiger charge is -2.16. The molecule has 21 heavy (non-hydrogen) atoms. The van der Waals surface area contributed by atoms with Crippen LogP contribution in [0.4, 0.5) is 0 Å². The van der Waals surface area contributed by atoms with E-state index in [1.54, 1.807) is 19.9 Å². The van der Waals surface area contributed by atoms with Crippen LogP contribution in [-0.4, -0.2) is 39.8 Å². The zero-order valence-corrected chi connectivity index (χ0v) is 12.2. The predicted molar refractivity (Wildman–Crippen MR) is 73.7 cm³/mol. The molecular formula is C14H17N3O4. The molecule has 0 aromatic carbocycles. The van der Waals surface area contributed by atoms with Crippen molar-refractivity contribution < 1.29 is 19.1 Å². The maximum atomic E-state index is 12.2. The molecule has 2 aromatic rings. The Morgan fingerprint density at radius 3 is 2.38 bits per heavy atom. The van der Waals surface area contributed by atoms with E-state index >= 15 is 0 Å². The Hall–Kier alpha value is -2.44. The number of carbonyl (C=O) groups excluding carboxylic acids is 2. The first-order valence-electron chi connectivity index (χ1n) is 6.72. The van der Waals surface area contributed by atoms with Crippen LogP contribution in [0.3, 0.4) is 0 Å². The van der Waals surface area contributed by atoms with Crippen molar-refractivity contribution in [3.63, 3.8) is 0 Å². The van der Waals surface area contributed by atoms with Gasteiger partial charge in [0.2, 0.25) is 0 Å². The lowest BCUT2D eigenvalue weighted by molar-refractivity contribution is -0.157. The van der Waals surface area contributed by atoms with Crippen LogP contribution in [0.25, 0.3) is 5.65 Å². The number of hydrogen-bond donors (Lipinski definition) is 0. The largest absolute Gasteiger partial charge is 0.465 e. The Balaban J connectivity index is 2.54. The molecule has 0 unspecified atom stereocenters. The molecule has 0 atom stereocenters. The van der Waals surface area contributed by atoms with Gasteiger partial charge in [0.05, 0.1) is 18.9 Å². The Labute approximate surface area is 121 Å². The van der Waals surface area contributed by atoms with E-state index in [4.69, 9.17) is 9.47 Å². The standard InChI is InChI=1S/C14H17N3O4/c1-4-20-13(18)12(14(19)21-5-2)10-6-9(3)7-11-15-8-16-17(10)11/h6-8,12H,4-5H2,1-3H3. The van der Waals surface area contributed by atoms with E-state index in [0.29, 0.717) is 11.3 Å². The van der Waals surface area contributed by atoms with Crippen molar-refractivity contribution in [1.82, 2.24) is 14.6 Å². The number of ether oxygens (including phenoxy) is 2. The van der Waals surface area contributed by atoms with Gasteiger partial charge in [0, 0.05) is 0 Å². The van der Waals surface area contributed by atoms with Crippen molar-refractivity contribution in [1.29, 1.82) is 0 Å². The van der Waals surface area contributed by atoms with Crippen LogP contribution < -0.4 is 0 Å². The highest BCUT2D eigenvalue weighted by molar-refractivity contribution is 6.00. The molecule has 0 spiro atoms. The minimum absolute atomic E-state index is 0.182. The van der Waals surface area contributed by atoms with Crippen molar-refractivity contribution in [2.24, 2.45) is 0 Å². The average molecular weight is 291 g/mol. The van der Waals surface area contributed by atoms with Gasteiger partial charge in [-0.3, -0.25) is 9.59 Å². The molecule has 0 radical (unpaired) electrons. The highest BCUT2D eigenvalue weighted by atomic mass is 16.6. The minimum Gasteiger partial charge on any atom is -0.465 e. The van der Waals surface area contributed by atoms with Crippen molar-refractivity contribution in [3.8, 4) is 0 Å². The van der Waals surface area contributed by atoms with E-state index in [2.05, 4.69) is 10.1 Å². The smallest absolute Gasteiger partial charge is 0.326 e. The Morgan fingerprint density at radius 2 is 1.81 bits per heavy atom. The summed E-state index contributed by atoms with van der Waals surface area (Å²) < 4.78 is 11.4. The highest BCUT2D eigenvalue weighted by Gasteiger charge is 2.34. The van der Waals surface area contributed by atoms with Gasteiger partial charge in [-0.05, 0) is 38.5 Å². The van der Waals surface area contributed by atoms with Crippen LogP contribution in [0.2, 0.25) is 0 Å². The number of esters is 2. The summed E-state index contributed by atoms with van der Waals surface area (Å²) in [5.74, 6) is -2.48. The number of fused-ring (bicyclic) bond motifs is 1. The molecule has 0 aliphatic rings. The van der Waals surface area contributed by atoms with Gasteiger partial charge in [-0.15, -0.1) is 0 Å². The molecule has 112 valence electrons. The molecule has 7 heteroatoms. The molecule has 0 saturated heterocycles. The third-order valence-corrected chi connectivity index (χ3v) is 2.89. The molecule has 2 rings (SSSR count). The Kier molecular flexibility index (Phi) is 4.52. The van der Waals surface area contributed by atoms with Crippen LogP contribution in [0.5, 0.6) is 0 Å². The fourth-order valence-corrected chi connectivity index (χ4v) is 2.08. The van der Waals surface area contributed by atoms with Gasteiger partial charge in [0.25, 0.3) is 0 Å². The van der Waals surface area contributed by atoms with Crippen LogP contribution in [-0.2, 0) is 19.1 Å². The summed E-state index contributed by atoms with van der Waals surface area (Å²) in [5.41, 5.74) is 1.81. The summed E-state index contributed by atoms with van der Waals surface area (Å²) in [6, 6.07) is 3.52. The quantitative estimate of drug-likeness (QED) is 0.609. The first-order valence-corrected chi connectivity index (χ1v) is 6.72. The zero-order valence-electron chi connectivity index (χ0n) is 12.2.